The van der Waals surface area contributed by atoms with E-state index < -0.39 is 58.2 Å². The van der Waals surface area contributed by atoms with E-state index in [0.29, 0.717) is 12.6 Å². The highest BCUT2D eigenvalue weighted by molar-refractivity contribution is 6.23. The van der Waals surface area contributed by atoms with Crippen molar-refractivity contribution in [2.75, 3.05) is 57.3 Å². The van der Waals surface area contributed by atoms with Crippen molar-refractivity contribution in [1.82, 2.24) is 15.1 Å². The molecule has 10 nitrogen and oxygen atoms in total. The minimum atomic E-state index is -4.84. The van der Waals surface area contributed by atoms with Crippen LogP contribution in [-0.2, 0) is 25.2 Å². The first-order valence-corrected chi connectivity index (χ1v) is 12.4. The standard InChI is InChI=1S/C25H28F3N5O5/c1-23-13-32(22(36)37-10-9-31-7-5-30-6-8-31)14-24(2,38-23)19-18(23)20(34)33(21(19)35)16-4-3-15(12-29)17(11-16)25(26,27)28/h3-4,11,18-19,30H,5-10,13-14H2,1-2H3/t18-,19+,23?,24?. The number of rotatable bonds is 4. The lowest BCUT2D eigenvalue weighted by Gasteiger charge is -2.44. The first-order valence-electron chi connectivity index (χ1n) is 12.4. The van der Waals surface area contributed by atoms with Gasteiger partial charge in [-0.15, -0.1) is 0 Å². The van der Waals surface area contributed by atoms with Crippen LogP contribution in [0, 0.1) is 23.2 Å². The van der Waals surface area contributed by atoms with Gasteiger partial charge in [-0.2, -0.15) is 18.4 Å². The van der Waals surface area contributed by atoms with Crippen molar-refractivity contribution in [3.05, 3.63) is 29.3 Å². The normalized spacial score (nSPS) is 31.4. The Bertz CT molecular complexity index is 1180. The molecule has 1 N–H and O–H groups in total. The monoisotopic (exact) mass is 535 g/mol. The maximum atomic E-state index is 13.6. The van der Waals surface area contributed by atoms with Crippen molar-refractivity contribution in [2.24, 2.45) is 11.8 Å². The Hall–Kier alpha value is -3.21. The number of piperazine rings is 1. The molecule has 0 aliphatic carbocycles. The fourth-order valence-corrected chi connectivity index (χ4v) is 6.31. The van der Waals surface area contributed by atoms with Crippen LogP contribution in [0.15, 0.2) is 18.2 Å². The number of morpholine rings is 1. The number of amides is 3. The van der Waals surface area contributed by atoms with Crippen LogP contribution in [0.5, 0.6) is 0 Å². The Morgan fingerprint density at radius 1 is 1.16 bits per heavy atom. The van der Waals surface area contributed by atoms with Crippen LogP contribution in [0.4, 0.5) is 23.7 Å². The summed E-state index contributed by atoms with van der Waals surface area (Å²) in [6.07, 6.45) is -5.41. The number of nitrogens with zero attached hydrogens (tertiary/aromatic N) is 4. The van der Waals surface area contributed by atoms with Gasteiger partial charge in [-0.1, -0.05) is 0 Å². The van der Waals surface area contributed by atoms with Gasteiger partial charge in [0.15, 0.2) is 0 Å². The van der Waals surface area contributed by atoms with Crippen molar-refractivity contribution < 1.29 is 37.0 Å². The molecule has 13 heteroatoms. The Kier molecular flexibility index (Phi) is 6.40. The molecule has 2 bridgehead atoms. The zero-order valence-corrected chi connectivity index (χ0v) is 21.0. The zero-order chi connectivity index (χ0) is 27.5. The molecule has 4 fully saturated rings. The highest BCUT2D eigenvalue weighted by Gasteiger charge is 2.72. The Balaban J connectivity index is 1.35. The van der Waals surface area contributed by atoms with Crippen molar-refractivity contribution in [3.8, 4) is 6.07 Å². The summed E-state index contributed by atoms with van der Waals surface area (Å²) >= 11 is 0. The molecule has 5 rings (SSSR count). The van der Waals surface area contributed by atoms with Crippen LogP contribution in [0.25, 0.3) is 0 Å². The largest absolute Gasteiger partial charge is 0.448 e. The first kappa shape index (κ1) is 26.4. The molecule has 1 aromatic carbocycles. The fourth-order valence-electron chi connectivity index (χ4n) is 6.31. The molecule has 0 saturated carbocycles. The van der Waals surface area contributed by atoms with E-state index in [1.807, 2.05) is 0 Å². The maximum absolute atomic E-state index is 13.6. The maximum Gasteiger partial charge on any atom is 0.417 e. The van der Waals surface area contributed by atoms with Crippen molar-refractivity contribution in [1.29, 1.82) is 5.26 Å². The minimum Gasteiger partial charge on any atom is -0.448 e. The van der Waals surface area contributed by atoms with E-state index in [4.69, 9.17) is 14.7 Å². The number of likely N-dealkylation sites (tertiary alicyclic amines) is 1. The van der Waals surface area contributed by atoms with Gasteiger partial charge in [-0.3, -0.25) is 14.5 Å². The number of nitriles is 1. The minimum absolute atomic E-state index is 0.00967. The summed E-state index contributed by atoms with van der Waals surface area (Å²) in [4.78, 5) is 44.4. The number of ether oxygens (including phenoxy) is 2. The number of imide groups is 1. The molecule has 1 aromatic rings. The van der Waals surface area contributed by atoms with Gasteiger partial charge in [0.2, 0.25) is 11.8 Å². The molecular weight excluding hydrogens is 507 g/mol. The molecule has 0 spiro atoms. The number of anilines is 1. The number of halogens is 3. The molecule has 3 amide bonds. The van der Waals surface area contributed by atoms with Crippen LogP contribution in [-0.4, -0.2) is 91.3 Å². The average Bonchev–Trinajstić information content (AvgIpc) is 3.23. The van der Waals surface area contributed by atoms with Gasteiger partial charge in [-0.25, -0.2) is 9.69 Å². The van der Waals surface area contributed by atoms with Crippen LogP contribution >= 0.6 is 0 Å². The van der Waals surface area contributed by atoms with E-state index in [2.05, 4.69) is 10.2 Å². The Morgan fingerprint density at radius 3 is 2.32 bits per heavy atom. The van der Waals surface area contributed by atoms with E-state index in [1.165, 1.54) is 11.0 Å². The SMILES string of the molecule is CC12CN(C(=O)OCCN3CCNCC3)CC(C)(O1)[C@H]1C(=O)N(c3ccc(C#N)c(C(F)(F)F)c3)C(=O)[C@H]12. The molecule has 0 radical (unpaired) electrons. The summed E-state index contributed by atoms with van der Waals surface area (Å²) in [6.45, 7) is 7.49. The van der Waals surface area contributed by atoms with E-state index >= 15 is 0 Å². The molecule has 204 valence electrons. The summed E-state index contributed by atoms with van der Waals surface area (Å²) in [5, 5.41) is 12.3. The summed E-state index contributed by atoms with van der Waals surface area (Å²) in [7, 11) is 0. The van der Waals surface area contributed by atoms with Gasteiger partial charge in [0.1, 0.15) is 6.61 Å². The van der Waals surface area contributed by atoms with Crippen LogP contribution in [0.1, 0.15) is 25.0 Å². The van der Waals surface area contributed by atoms with E-state index in [-0.39, 0.29) is 25.4 Å². The van der Waals surface area contributed by atoms with Gasteiger partial charge < -0.3 is 19.7 Å². The summed E-state index contributed by atoms with van der Waals surface area (Å²) in [5.41, 5.74) is -4.56. The molecule has 38 heavy (non-hydrogen) atoms. The number of benzene rings is 1. The first-order chi connectivity index (χ1) is 17.9. The van der Waals surface area contributed by atoms with Crippen molar-refractivity contribution in [2.45, 2.75) is 31.2 Å². The molecule has 0 aromatic heterocycles. The lowest BCUT2D eigenvalue weighted by Crippen LogP contribution is -2.59. The van der Waals surface area contributed by atoms with Crippen LogP contribution < -0.4 is 10.2 Å². The van der Waals surface area contributed by atoms with Gasteiger partial charge in [0.25, 0.3) is 0 Å². The summed E-state index contributed by atoms with van der Waals surface area (Å²) < 4.78 is 52.3. The number of carbonyl (C=O) groups excluding carboxylic acids is 3. The number of hydrogen-bond donors (Lipinski definition) is 1. The van der Waals surface area contributed by atoms with E-state index in [1.54, 1.807) is 13.8 Å². The van der Waals surface area contributed by atoms with Crippen LogP contribution in [0.3, 0.4) is 0 Å². The summed E-state index contributed by atoms with van der Waals surface area (Å²) in [5.74, 6) is -3.39. The topological polar surface area (TPSA) is 115 Å². The molecule has 2 unspecified atom stereocenters. The molecule has 4 atom stereocenters. The van der Waals surface area contributed by atoms with Crippen molar-refractivity contribution >= 4 is 23.6 Å². The zero-order valence-electron chi connectivity index (χ0n) is 21.0. The Morgan fingerprint density at radius 2 is 1.76 bits per heavy atom. The second-order valence-corrected chi connectivity index (χ2v) is 10.6. The second-order valence-electron chi connectivity index (χ2n) is 10.6. The smallest absolute Gasteiger partial charge is 0.417 e. The van der Waals surface area contributed by atoms with Gasteiger partial charge in [0, 0.05) is 32.7 Å². The second kappa shape index (κ2) is 9.21. The predicted molar refractivity (Wildman–Crippen MR) is 126 cm³/mol. The third kappa shape index (κ3) is 4.30. The molecule has 4 aliphatic rings. The molecule has 4 heterocycles. The molecule has 4 saturated heterocycles. The number of carbonyl (C=O) groups is 3. The highest BCUT2D eigenvalue weighted by Crippen LogP contribution is 2.55. The van der Waals surface area contributed by atoms with Gasteiger partial charge in [0.05, 0.1) is 59.0 Å². The average molecular weight is 536 g/mol. The number of hydrogen-bond acceptors (Lipinski definition) is 8. The number of fused-ring (bicyclic) bond motifs is 5. The third-order valence-electron chi connectivity index (χ3n) is 7.89. The lowest BCUT2D eigenvalue weighted by atomic mass is 9.79. The number of alkyl halides is 3. The van der Waals surface area contributed by atoms with E-state index in [9.17, 15) is 27.6 Å². The lowest BCUT2D eigenvalue weighted by molar-refractivity contribution is -0.164. The quantitative estimate of drug-likeness (QED) is 0.579. The van der Waals surface area contributed by atoms with Gasteiger partial charge >= 0.3 is 12.3 Å². The summed E-state index contributed by atoms with van der Waals surface area (Å²) in [6, 6.07) is 4.25. The fraction of sp³-hybridized carbons (Fsp3) is 0.600. The van der Waals surface area contributed by atoms with E-state index in [0.717, 1.165) is 43.2 Å². The van der Waals surface area contributed by atoms with Crippen LogP contribution in [0.2, 0.25) is 0 Å². The predicted octanol–water partition coefficient (Wildman–Crippen LogP) is 1.59. The highest BCUT2D eigenvalue weighted by atomic mass is 19.4. The third-order valence-corrected chi connectivity index (χ3v) is 7.89. The van der Waals surface area contributed by atoms with Crippen molar-refractivity contribution in [3.63, 3.8) is 0 Å². The van der Waals surface area contributed by atoms with Gasteiger partial charge in [-0.05, 0) is 32.0 Å². The molecular formula is C25H28F3N5O5. The Labute approximate surface area is 217 Å². The molecule has 4 aliphatic heterocycles. The number of nitrogens with one attached hydrogen (secondary N) is 1.